The lowest BCUT2D eigenvalue weighted by Gasteiger charge is -2.50. The molecule has 30 atom stereocenters. The van der Waals surface area contributed by atoms with E-state index in [1.54, 1.807) is 0 Å². The molecule has 564 valence electrons. The molecule has 0 saturated carbocycles. The first-order chi connectivity index (χ1) is 46.3. The SMILES string of the molecule is CCCCCCCCCCCC(=O)O[C@H]1[C@H](O[C@@H]2[C@@H](O)[C@H]3OC(=O)CCCCCCCCC[C@H](CCCCC)O[C@@H]4O[C@H](CO)[C@@H](O)[C@H](O)[C@H]4O[C@@H]3O[C@H]2C)O[C@@H](C)[C@H](O[C@@H]2O[C@@H](C)[C@H](OC(=O)[C@H](C)[C@H](C)O)[C@@H](OC(=O)[C@H](C)[C@H](C)O)[C@H]2O[C@@H]2O[C@H](CO)[C@@H](O)[C@H](O)[C@H]2O)[C@H]1O. The van der Waals surface area contributed by atoms with Crippen LogP contribution in [0, 0.1) is 11.8 Å². The van der Waals surface area contributed by atoms with E-state index in [2.05, 4.69) is 13.8 Å². The van der Waals surface area contributed by atoms with Gasteiger partial charge < -0.3 is 122 Å². The number of hydrogen-bond donors (Lipinski definition) is 11. The molecule has 0 spiro atoms. The van der Waals surface area contributed by atoms with Crippen molar-refractivity contribution in [3.8, 4) is 0 Å². The zero-order valence-corrected chi connectivity index (χ0v) is 58.3. The van der Waals surface area contributed by atoms with Crippen LogP contribution in [-0.2, 0) is 85.5 Å². The van der Waals surface area contributed by atoms with Gasteiger partial charge in [-0.25, -0.2) is 0 Å². The molecular formula is C68H118O29. The predicted molar refractivity (Wildman–Crippen MR) is 340 cm³/mol. The number of hydrogen-bond acceptors (Lipinski definition) is 29. The Morgan fingerprint density at radius 1 is 0.454 bits per heavy atom. The first-order valence-electron chi connectivity index (χ1n) is 36.0. The van der Waals surface area contributed by atoms with Gasteiger partial charge in [-0.15, -0.1) is 0 Å². The third-order valence-electron chi connectivity index (χ3n) is 19.6. The minimum absolute atomic E-state index is 0.0713. The Morgan fingerprint density at radius 2 is 0.938 bits per heavy atom. The lowest BCUT2D eigenvalue weighted by Crippen LogP contribution is -2.68. The molecule has 6 heterocycles. The Balaban J connectivity index is 1.36. The molecule has 6 aliphatic heterocycles. The van der Waals surface area contributed by atoms with E-state index in [-0.39, 0.29) is 18.9 Å². The van der Waals surface area contributed by atoms with E-state index >= 15 is 0 Å². The molecule has 0 aliphatic carbocycles. The minimum Gasteiger partial charge on any atom is -0.455 e. The maximum atomic E-state index is 14.2. The van der Waals surface area contributed by atoms with Gasteiger partial charge in [-0.2, -0.15) is 0 Å². The number of fused-ring (bicyclic) bond motifs is 2. The summed E-state index contributed by atoms with van der Waals surface area (Å²) in [5.74, 6) is -6.01. The molecule has 0 radical (unpaired) electrons. The maximum absolute atomic E-state index is 14.2. The van der Waals surface area contributed by atoms with Gasteiger partial charge in [0.2, 0.25) is 0 Å². The van der Waals surface area contributed by atoms with E-state index in [0.29, 0.717) is 38.5 Å². The molecular weight excluding hydrogens is 1280 g/mol. The zero-order chi connectivity index (χ0) is 71.2. The molecule has 6 fully saturated rings. The maximum Gasteiger partial charge on any atom is 0.311 e. The topological polar surface area (TPSA) is 420 Å². The average molecular weight is 1400 g/mol. The van der Waals surface area contributed by atoms with E-state index in [1.165, 1.54) is 48.5 Å². The fourth-order valence-electron chi connectivity index (χ4n) is 13.0. The van der Waals surface area contributed by atoms with Gasteiger partial charge in [0.15, 0.2) is 62.0 Å². The molecule has 11 N–H and O–H groups in total. The Kier molecular flexibility index (Phi) is 35.4. The van der Waals surface area contributed by atoms with Crippen molar-refractivity contribution in [3.63, 3.8) is 0 Å². The molecule has 0 aromatic carbocycles. The number of unbranched alkanes of at least 4 members (excludes halogenated alkanes) is 10. The van der Waals surface area contributed by atoms with Crippen LogP contribution in [-0.4, -0.2) is 265 Å². The highest BCUT2D eigenvalue weighted by Gasteiger charge is 2.59. The van der Waals surface area contributed by atoms with Gasteiger partial charge in [-0.1, -0.05) is 123 Å². The molecule has 0 bridgehead atoms. The molecule has 0 aromatic rings. The monoisotopic (exact) mass is 1400 g/mol. The highest BCUT2D eigenvalue weighted by molar-refractivity contribution is 5.74. The number of aliphatic hydroxyl groups is 11. The lowest BCUT2D eigenvalue weighted by molar-refractivity contribution is -0.396. The number of carbonyl (C=O) groups is 4. The van der Waals surface area contributed by atoms with Gasteiger partial charge in [0, 0.05) is 12.8 Å². The van der Waals surface area contributed by atoms with Crippen molar-refractivity contribution in [2.75, 3.05) is 13.2 Å². The second-order valence-electron chi connectivity index (χ2n) is 27.5. The summed E-state index contributed by atoms with van der Waals surface area (Å²) in [4.78, 5) is 55.8. The molecule has 97 heavy (non-hydrogen) atoms. The standard InChI is InChI=1S/C68H118O29/c1-10-12-14-15-16-17-20-23-27-31-45(73)90-58-53(81)55(95-68-61(97-64-51(79)49(77)47(75)43(33-69)88-64)60(93-63(83)36(4)38(6)72)56(41(9)86-68)92-62(82)35(3)37(5)71)40(8)84-65(58)94-54-39(7)85-66-59(52(54)80)91-46(74)32-28-24-21-18-19-22-26-30-42(29-25-13-11-2)87-67-57(96-66)50(78)48(76)44(34-70)89-67/h35-44,47-61,64-72,75-81H,10-34H2,1-9H3/t35-,36-,37+,38+,39+,40+,41+,42+,43-,44-,47-,48-,49+,50+,51-,52-,53-,54+,55+,56+,57-,58-,59-,60-,61-,64+,65+,66+,67-,68+/m1/s1. The largest absolute Gasteiger partial charge is 0.455 e. The van der Waals surface area contributed by atoms with E-state index in [0.717, 1.165) is 96.3 Å². The quantitative estimate of drug-likeness (QED) is 0.0291. The van der Waals surface area contributed by atoms with E-state index < -0.39 is 215 Å². The third-order valence-corrected chi connectivity index (χ3v) is 19.6. The molecule has 6 rings (SSSR count). The van der Waals surface area contributed by atoms with Crippen molar-refractivity contribution in [1.29, 1.82) is 0 Å². The highest BCUT2D eigenvalue weighted by atomic mass is 16.8. The third kappa shape index (κ3) is 23.5. The Morgan fingerprint density at radius 3 is 1.54 bits per heavy atom. The predicted octanol–water partition coefficient (Wildman–Crippen LogP) is 2.81. The first kappa shape index (κ1) is 83.0. The smallest absolute Gasteiger partial charge is 0.311 e. The van der Waals surface area contributed by atoms with Crippen LogP contribution in [0.4, 0.5) is 0 Å². The van der Waals surface area contributed by atoms with Crippen LogP contribution in [0.15, 0.2) is 0 Å². The van der Waals surface area contributed by atoms with Gasteiger partial charge in [0.1, 0.15) is 73.2 Å². The van der Waals surface area contributed by atoms with Crippen molar-refractivity contribution in [2.24, 2.45) is 11.8 Å². The Hall–Kier alpha value is -2.96. The summed E-state index contributed by atoms with van der Waals surface area (Å²) < 4.78 is 87.9. The lowest BCUT2D eigenvalue weighted by atomic mass is 9.95. The van der Waals surface area contributed by atoms with Crippen molar-refractivity contribution in [3.05, 3.63) is 0 Å². The van der Waals surface area contributed by atoms with Crippen LogP contribution >= 0.6 is 0 Å². The van der Waals surface area contributed by atoms with E-state index in [1.807, 2.05) is 0 Å². The summed E-state index contributed by atoms with van der Waals surface area (Å²) in [5, 5.41) is 123. The molecule has 0 unspecified atom stereocenters. The van der Waals surface area contributed by atoms with Gasteiger partial charge in [-0.05, 0) is 74.1 Å². The second-order valence-corrected chi connectivity index (χ2v) is 27.5. The fourth-order valence-corrected chi connectivity index (χ4v) is 13.0. The van der Waals surface area contributed by atoms with Gasteiger partial charge in [-0.3, -0.25) is 19.2 Å². The number of carbonyl (C=O) groups excluding carboxylic acids is 4. The number of ether oxygens (including phenoxy) is 14. The molecule has 6 saturated heterocycles. The van der Waals surface area contributed by atoms with Gasteiger partial charge in [0.25, 0.3) is 0 Å². The van der Waals surface area contributed by atoms with Crippen LogP contribution in [0.25, 0.3) is 0 Å². The molecule has 29 heteroatoms. The van der Waals surface area contributed by atoms with Crippen LogP contribution in [0.2, 0.25) is 0 Å². The second kappa shape index (κ2) is 41.4. The Bertz CT molecular complexity index is 2280. The summed E-state index contributed by atoms with van der Waals surface area (Å²) in [6.45, 7) is 12.4. The van der Waals surface area contributed by atoms with Crippen molar-refractivity contribution in [1.82, 2.24) is 0 Å². The molecule has 0 aromatic heterocycles. The molecule has 0 amide bonds. The normalized spacial score (nSPS) is 39.5. The fraction of sp³-hybridized carbons (Fsp3) is 0.941. The van der Waals surface area contributed by atoms with E-state index in [4.69, 9.17) is 66.3 Å². The molecule has 29 nitrogen and oxygen atoms in total. The average Bonchev–Trinajstić information content (AvgIpc) is 0.768. The minimum atomic E-state index is -2.09. The number of rotatable bonds is 29. The van der Waals surface area contributed by atoms with Crippen molar-refractivity contribution in [2.45, 2.75) is 382 Å². The van der Waals surface area contributed by atoms with Gasteiger partial charge >= 0.3 is 23.9 Å². The summed E-state index contributed by atoms with van der Waals surface area (Å²) >= 11 is 0. The number of aliphatic hydroxyl groups excluding tert-OH is 11. The first-order valence-corrected chi connectivity index (χ1v) is 36.0. The van der Waals surface area contributed by atoms with Crippen LogP contribution < -0.4 is 0 Å². The van der Waals surface area contributed by atoms with Crippen LogP contribution in [0.5, 0.6) is 0 Å². The summed E-state index contributed by atoms with van der Waals surface area (Å²) in [6.07, 6.45) is -27.9. The zero-order valence-electron chi connectivity index (χ0n) is 58.3. The van der Waals surface area contributed by atoms with Crippen LogP contribution in [0.3, 0.4) is 0 Å². The number of esters is 4. The van der Waals surface area contributed by atoms with Gasteiger partial charge in [0.05, 0.1) is 61.7 Å². The van der Waals surface area contributed by atoms with E-state index in [9.17, 15) is 75.3 Å². The summed E-state index contributed by atoms with van der Waals surface area (Å²) in [6, 6.07) is 0. The summed E-state index contributed by atoms with van der Waals surface area (Å²) in [5.41, 5.74) is 0. The van der Waals surface area contributed by atoms with Crippen LogP contribution in [0.1, 0.15) is 210 Å². The van der Waals surface area contributed by atoms with Crippen molar-refractivity contribution < 1.29 is 142 Å². The summed E-state index contributed by atoms with van der Waals surface area (Å²) in [7, 11) is 0. The highest BCUT2D eigenvalue weighted by Crippen LogP contribution is 2.40. The molecule has 6 aliphatic rings. The Labute approximate surface area is 570 Å². The van der Waals surface area contributed by atoms with Crippen molar-refractivity contribution >= 4 is 23.9 Å².